The van der Waals surface area contributed by atoms with Gasteiger partial charge in [-0.05, 0) is 92.6 Å². The van der Waals surface area contributed by atoms with Crippen LogP contribution in [0, 0.1) is 5.92 Å². The number of allylic oxidation sites excluding steroid dienone is 2. The molecule has 8 aromatic rings. The van der Waals surface area contributed by atoms with Crippen LogP contribution < -0.4 is 0 Å². The molecule has 3 aliphatic carbocycles. The van der Waals surface area contributed by atoms with Crippen LogP contribution in [0.4, 0.5) is 0 Å². The molecule has 0 radical (unpaired) electrons. The molecule has 3 aliphatic rings. The molecule has 0 bridgehead atoms. The fourth-order valence-electron chi connectivity index (χ4n) is 10.1. The van der Waals surface area contributed by atoms with Gasteiger partial charge in [-0.3, -0.25) is 0 Å². The normalized spacial score (nSPS) is 19.6. The Morgan fingerprint density at radius 1 is 0.510 bits per heavy atom. The largest absolute Gasteiger partial charge is 0.247 e. The van der Waals surface area contributed by atoms with Crippen LogP contribution in [0.25, 0.3) is 66.3 Å². The molecule has 51 heavy (non-hydrogen) atoms. The van der Waals surface area contributed by atoms with Crippen molar-refractivity contribution in [3.63, 3.8) is 0 Å². The molecule has 1 heterocycles. The maximum atomic E-state index is 5.44. The molecule has 3 unspecified atom stereocenters. The van der Waals surface area contributed by atoms with Crippen molar-refractivity contribution in [2.45, 2.75) is 24.2 Å². The zero-order valence-electron chi connectivity index (χ0n) is 28.3. The topological polar surface area (TPSA) is 12.9 Å². The summed E-state index contributed by atoms with van der Waals surface area (Å²) in [7, 11) is 0. The molecule has 0 amide bonds. The number of benzene rings is 7. The molecule has 11 rings (SSSR count). The lowest BCUT2D eigenvalue weighted by Crippen LogP contribution is -2.34. The number of hydrogen-bond acceptors (Lipinski definition) is 1. The minimum atomic E-state index is -0.180. The third-order valence-electron chi connectivity index (χ3n) is 12.1. The van der Waals surface area contributed by atoms with Crippen LogP contribution in [-0.2, 0) is 5.41 Å². The second-order valence-corrected chi connectivity index (χ2v) is 14.5. The zero-order chi connectivity index (χ0) is 33.5. The maximum absolute atomic E-state index is 5.44. The van der Waals surface area contributed by atoms with Gasteiger partial charge in [0.15, 0.2) is 0 Å². The van der Waals surface area contributed by atoms with E-state index in [4.69, 9.17) is 4.98 Å². The highest BCUT2D eigenvalue weighted by molar-refractivity contribution is 6.19. The van der Waals surface area contributed by atoms with E-state index in [1.807, 2.05) is 0 Å². The summed E-state index contributed by atoms with van der Waals surface area (Å²) in [6.07, 6.45) is 7.23. The first-order valence-electron chi connectivity index (χ1n) is 18.3. The molecule has 1 nitrogen and oxygen atoms in total. The van der Waals surface area contributed by atoms with Gasteiger partial charge in [0.05, 0.1) is 16.6 Å². The van der Waals surface area contributed by atoms with Gasteiger partial charge in [-0.1, -0.05) is 158 Å². The van der Waals surface area contributed by atoms with Gasteiger partial charge in [-0.25, -0.2) is 4.98 Å². The number of nitrogens with zero attached hydrogens (tertiary/aromatic N) is 1. The smallest absolute Gasteiger partial charge is 0.0788 e. The van der Waals surface area contributed by atoms with E-state index in [0.717, 1.165) is 23.2 Å². The Labute approximate surface area is 298 Å². The summed E-state index contributed by atoms with van der Waals surface area (Å²) < 4.78 is 0. The van der Waals surface area contributed by atoms with Crippen molar-refractivity contribution in [2.75, 3.05) is 0 Å². The molecule has 240 valence electrons. The molecule has 0 aliphatic heterocycles. The summed E-state index contributed by atoms with van der Waals surface area (Å²) in [4.78, 5) is 5.44. The number of para-hydroxylation sites is 1. The van der Waals surface area contributed by atoms with Crippen molar-refractivity contribution in [2.24, 2.45) is 5.92 Å². The molecule has 3 atom stereocenters. The van der Waals surface area contributed by atoms with E-state index in [9.17, 15) is 0 Å². The first kappa shape index (κ1) is 28.8. The molecule has 0 N–H and O–H groups in total. The summed E-state index contributed by atoms with van der Waals surface area (Å²) >= 11 is 0. The van der Waals surface area contributed by atoms with E-state index in [0.29, 0.717) is 11.8 Å². The van der Waals surface area contributed by atoms with Crippen LogP contribution in [0.3, 0.4) is 0 Å². The van der Waals surface area contributed by atoms with Gasteiger partial charge in [0, 0.05) is 27.6 Å². The maximum Gasteiger partial charge on any atom is 0.0788 e. The molecular formula is C50H35N. The number of rotatable bonds is 3. The van der Waals surface area contributed by atoms with Crippen LogP contribution in [0.5, 0.6) is 0 Å². The Morgan fingerprint density at radius 3 is 2.04 bits per heavy atom. The highest BCUT2D eigenvalue weighted by Crippen LogP contribution is 2.67. The average Bonchev–Trinajstić information content (AvgIpc) is 3.68. The van der Waals surface area contributed by atoms with Crippen molar-refractivity contribution in [3.05, 3.63) is 198 Å². The third-order valence-corrected chi connectivity index (χ3v) is 12.1. The minimum absolute atomic E-state index is 0.180. The first-order chi connectivity index (χ1) is 25.3. The fourth-order valence-corrected chi connectivity index (χ4v) is 10.1. The third kappa shape index (κ3) is 4.01. The second kappa shape index (κ2) is 11.0. The molecular weight excluding hydrogens is 615 g/mol. The molecule has 1 heteroatoms. The predicted octanol–water partition coefficient (Wildman–Crippen LogP) is 12.8. The molecule has 1 aromatic heterocycles. The number of aromatic nitrogens is 1. The standard InChI is InChI=1S/C50H35N/c1-2-14-32(15-3-1)33-16-12-17-34(30-33)35-18-13-19-36(31-35)49-41-28-29-45-48(47(41)40-23-7-11-27-46(40)51-49)39-22-6-10-26-44(39)50(45)42-24-8-4-20-37(42)38-21-5-9-25-43(38)50/h1-8,10-24,26-31,38,43H,9,25H2. The molecule has 1 spiro atoms. The summed E-state index contributed by atoms with van der Waals surface area (Å²) in [6.45, 7) is 0. The lowest BCUT2D eigenvalue weighted by atomic mass is 9.64. The van der Waals surface area contributed by atoms with Gasteiger partial charge < -0.3 is 0 Å². The Morgan fingerprint density at radius 2 is 1.18 bits per heavy atom. The van der Waals surface area contributed by atoms with E-state index in [1.54, 1.807) is 0 Å². The van der Waals surface area contributed by atoms with Crippen molar-refractivity contribution in [1.82, 2.24) is 4.98 Å². The quantitative estimate of drug-likeness (QED) is 0.137. The monoisotopic (exact) mass is 649 g/mol. The van der Waals surface area contributed by atoms with E-state index >= 15 is 0 Å². The van der Waals surface area contributed by atoms with E-state index in [-0.39, 0.29) is 5.41 Å². The van der Waals surface area contributed by atoms with Crippen molar-refractivity contribution in [1.29, 1.82) is 0 Å². The van der Waals surface area contributed by atoms with Gasteiger partial charge in [-0.2, -0.15) is 0 Å². The van der Waals surface area contributed by atoms with Crippen LogP contribution in [0.1, 0.15) is 41.0 Å². The zero-order valence-corrected chi connectivity index (χ0v) is 28.3. The SMILES string of the molecule is C1=CC2c3ccccc3C3(c4ccccc4-c4c3ccc3c(-c5cccc(-c6cccc(-c7ccccc7)c6)c5)nc5ccccc5c43)C2CC1. The summed E-state index contributed by atoms with van der Waals surface area (Å²) in [6, 6.07) is 60.7. The minimum Gasteiger partial charge on any atom is -0.247 e. The number of fused-ring (bicyclic) bond motifs is 14. The van der Waals surface area contributed by atoms with Gasteiger partial charge in [0.1, 0.15) is 0 Å². The highest BCUT2D eigenvalue weighted by atomic mass is 14.7. The summed E-state index contributed by atoms with van der Waals surface area (Å²) in [5.74, 6) is 0.910. The summed E-state index contributed by atoms with van der Waals surface area (Å²) in [5, 5.41) is 3.75. The van der Waals surface area contributed by atoms with Gasteiger partial charge in [0.25, 0.3) is 0 Å². The Bertz CT molecular complexity index is 2720. The van der Waals surface area contributed by atoms with E-state index in [2.05, 4.69) is 176 Å². The number of hydrogen-bond donors (Lipinski definition) is 0. The van der Waals surface area contributed by atoms with E-state index < -0.39 is 0 Å². The van der Waals surface area contributed by atoms with Crippen molar-refractivity contribution < 1.29 is 0 Å². The average molecular weight is 650 g/mol. The molecule has 0 fully saturated rings. The first-order valence-corrected chi connectivity index (χ1v) is 18.3. The lowest BCUT2D eigenvalue weighted by Gasteiger charge is -2.38. The van der Waals surface area contributed by atoms with Crippen molar-refractivity contribution in [3.8, 4) is 44.6 Å². The lowest BCUT2D eigenvalue weighted by molar-refractivity contribution is 0.351. The Kier molecular flexibility index (Phi) is 6.19. The van der Waals surface area contributed by atoms with Gasteiger partial charge in [0.2, 0.25) is 0 Å². The number of pyridine rings is 1. The molecule has 0 saturated heterocycles. The second-order valence-electron chi connectivity index (χ2n) is 14.5. The molecule has 0 saturated carbocycles. The summed E-state index contributed by atoms with van der Waals surface area (Å²) in [5.41, 5.74) is 16.5. The van der Waals surface area contributed by atoms with E-state index in [1.165, 1.54) is 78.2 Å². The predicted molar refractivity (Wildman–Crippen MR) is 212 cm³/mol. The van der Waals surface area contributed by atoms with Crippen LogP contribution >= 0.6 is 0 Å². The highest BCUT2D eigenvalue weighted by Gasteiger charge is 2.57. The fraction of sp³-hybridized carbons (Fsp3) is 0.100. The van der Waals surface area contributed by atoms with Crippen LogP contribution in [0.2, 0.25) is 0 Å². The van der Waals surface area contributed by atoms with Gasteiger partial charge >= 0.3 is 0 Å². The van der Waals surface area contributed by atoms with Crippen LogP contribution in [0.15, 0.2) is 176 Å². The Balaban J connectivity index is 1.17. The Hall–Kier alpha value is -6.05. The van der Waals surface area contributed by atoms with Crippen molar-refractivity contribution >= 4 is 21.7 Å². The van der Waals surface area contributed by atoms with Crippen LogP contribution in [-0.4, -0.2) is 4.98 Å². The molecule has 7 aromatic carbocycles. The van der Waals surface area contributed by atoms with Gasteiger partial charge in [-0.15, -0.1) is 0 Å².